The highest BCUT2D eigenvalue weighted by Crippen LogP contribution is 2.22. The number of aromatic nitrogens is 1. The molecule has 1 atom stereocenters. The number of hydrogen-bond acceptors (Lipinski definition) is 2. The summed E-state index contributed by atoms with van der Waals surface area (Å²) >= 11 is 5.25. The van der Waals surface area contributed by atoms with E-state index in [-0.39, 0.29) is 12.5 Å². The van der Waals surface area contributed by atoms with E-state index in [1.807, 2.05) is 53.2 Å². The molecule has 4 heteroatoms. The van der Waals surface area contributed by atoms with Crippen LogP contribution >= 0.6 is 12.2 Å². The van der Waals surface area contributed by atoms with Crippen LogP contribution in [0.2, 0.25) is 0 Å². The minimum absolute atomic E-state index is 0.0162. The molecule has 0 saturated carbocycles. The molecular weight excluding hydrogens is 246 g/mol. The Labute approximate surface area is 110 Å². The van der Waals surface area contributed by atoms with Gasteiger partial charge in [0.2, 0.25) is 0 Å². The van der Waals surface area contributed by atoms with E-state index in [2.05, 4.69) is 0 Å². The fourth-order valence-electron chi connectivity index (χ4n) is 1.91. The van der Waals surface area contributed by atoms with Crippen molar-refractivity contribution in [1.82, 2.24) is 4.57 Å². The van der Waals surface area contributed by atoms with Gasteiger partial charge in [-0.05, 0) is 17.7 Å². The minimum atomic E-state index is -0.838. The van der Waals surface area contributed by atoms with Crippen LogP contribution in [-0.2, 0) is 4.79 Å². The van der Waals surface area contributed by atoms with Crippen LogP contribution in [0.3, 0.4) is 0 Å². The summed E-state index contributed by atoms with van der Waals surface area (Å²) in [6, 6.07) is 14.8. The quantitative estimate of drug-likeness (QED) is 0.857. The van der Waals surface area contributed by atoms with E-state index in [0.717, 1.165) is 5.56 Å². The van der Waals surface area contributed by atoms with E-state index in [1.54, 1.807) is 6.07 Å². The number of nitrogens with zero attached hydrogens (tertiary/aromatic N) is 1. The maximum Gasteiger partial charge on any atom is 0.305 e. The van der Waals surface area contributed by atoms with Gasteiger partial charge in [0.15, 0.2) is 0 Å². The van der Waals surface area contributed by atoms with Crippen molar-refractivity contribution in [3.05, 3.63) is 64.9 Å². The lowest BCUT2D eigenvalue weighted by atomic mass is 10.0. The summed E-state index contributed by atoms with van der Waals surface area (Å²) in [6.07, 6.45) is 1.84. The number of aliphatic carboxylic acids is 1. The summed E-state index contributed by atoms with van der Waals surface area (Å²) in [6.45, 7) is 0. The van der Waals surface area contributed by atoms with Gasteiger partial charge >= 0.3 is 5.97 Å². The third-order valence-electron chi connectivity index (χ3n) is 2.74. The Hall–Kier alpha value is -1.94. The predicted octanol–water partition coefficient (Wildman–Crippen LogP) is 3.28. The standard InChI is InChI=1S/C14H13NO2S/c16-14(17)10-12(11-6-2-1-3-7-11)15-9-5-4-8-13(15)18/h1-9,12H,10H2,(H,16,17). The normalized spacial score (nSPS) is 12.0. The number of pyridine rings is 1. The molecule has 1 heterocycles. The number of carboxylic acids is 1. The minimum Gasteiger partial charge on any atom is -0.481 e. The van der Waals surface area contributed by atoms with Crippen LogP contribution in [0.15, 0.2) is 54.7 Å². The van der Waals surface area contributed by atoms with Gasteiger partial charge in [0.05, 0.1) is 12.5 Å². The summed E-state index contributed by atoms with van der Waals surface area (Å²) in [5.74, 6) is -0.838. The van der Waals surface area contributed by atoms with Crippen molar-refractivity contribution in [3.8, 4) is 0 Å². The fraction of sp³-hybridized carbons (Fsp3) is 0.143. The topological polar surface area (TPSA) is 42.2 Å². The smallest absolute Gasteiger partial charge is 0.305 e. The molecule has 0 spiro atoms. The summed E-state index contributed by atoms with van der Waals surface area (Å²) in [7, 11) is 0. The molecule has 1 unspecified atom stereocenters. The summed E-state index contributed by atoms with van der Waals surface area (Å²) < 4.78 is 2.45. The van der Waals surface area contributed by atoms with Crippen LogP contribution in [-0.4, -0.2) is 15.6 Å². The summed E-state index contributed by atoms with van der Waals surface area (Å²) in [4.78, 5) is 11.0. The molecule has 2 rings (SSSR count). The molecule has 18 heavy (non-hydrogen) atoms. The second kappa shape index (κ2) is 5.60. The van der Waals surface area contributed by atoms with Crippen LogP contribution in [0.4, 0.5) is 0 Å². The zero-order valence-corrected chi connectivity index (χ0v) is 10.5. The van der Waals surface area contributed by atoms with E-state index in [1.165, 1.54) is 0 Å². The average Bonchev–Trinajstić information content (AvgIpc) is 2.38. The third-order valence-corrected chi connectivity index (χ3v) is 3.09. The largest absolute Gasteiger partial charge is 0.481 e. The van der Waals surface area contributed by atoms with E-state index in [4.69, 9.17) is 17.3 Å². The molecule has 0 fully saturated rings. The molecule has 3 nitrogen and oxygen atoms in total. The Balaban J connectivity index is 2.47. The molecule has 0 saturated heterocycles. The van der Waals surface area contributed by atoms with Crippen LogP contribution in [0.5, 0.6) is 0 Å². The highest BCUT2D eigenvalue weighted by Gasteiger charge is 2.16. The predicted molar refractivity (Wildman–Crippen MR) is 72.1 cm³/mol. The third kappa shape index (κ3) is 2.84. The zero-order chi connectivity index (χ0) is 13.0. The van der Waals surface area contributed by atoms with E-state index in [9.17, 15) is 4.79 Å². The maximum absolute atomic E-state index is 11.0. The second-order valence-electron chi connectivity index (χ2n) is 3.97. The fourth-order valence-corrected chi connectivity index (χ4v) is 2.18. The van der Waals surface area contributed by atoms with Gasteiger partial charge in [-0.15, -0.1) is 0 Å². The molecule has 0 radical (unpaired) electrons. The van der Waals surface area contributed by atoms with Gasteiger partial charge in [0.1, 0.15) is 4.64 Å². The first-order valence-corrected chi connectivity index (χ1v) is 6.03. The van der Waals surface area contributed by atoms with Gasteiger partial charge in [-0.25, -0.2) is 0 Å². The lowest BCUT2D eigenvalue weighted by Gasteiger charge is -2.19. The second-order valence-corrected chi connectivity index (χ2v) is 4.39. The zero-order valence-electron chi connectivity index (χ0n) is 9.69. The molecule has 0 aliphatic heterocycles. The highest BCUT2D eigenvalue weighted by atomic mass is 32.1. The van der Waals surface area contributed by atoms with Crippen molar-refractivity contribution in [2.24, 2.45) is 0 Å². The molecular formula is C14H13NO2S. The van der Waals surface area contributed by atoms with E-state index in [0.29, 0.717) is 4.64 Å². The van der Waals surface area contributed by atoms with Crippen LogP contribution in [0.1, 0.15) is 18.0 Å². The Bertz CT molecular complexity index is 592. The number of rotatable bonds is 4. The first kappa shape index (κ1) is 12.5. The summed E-state index contributed by atoms with van der Waals surface area (Å²) in [5.41, 5.74) is 0.946. The molecule has 1 N–H and O–H groups in total. The molecule has 0 aliphatic rings. The molecule has 2 aromatic rings. The number of benzene rings is 1. The molecule has 1 aromatic heterocycles. The van der Waals surface area contributed by atoms with Gasteiger partial charge in [-0.2, -0.15) is 0 Å². The van der Waals surface area contributed by atoms with Gasteiger partial charge in [-0.1, -0.05) is 48.6 Å². The van der Waals surface area contributed by atoms with Gasteiger partial charge in [0, 0.05) is 6.20 Å². The van der Waals surface area contributed by atoms with Gasteiger partial charge < -0.3 is 9.67 Å². The molecule has 0 aliphatic carbocycles. The van der Waals surface area contributed by atoms with Gasteiger partial charge in [-0.3, -0.25) is 4.79 Å². The summed E-state index contributed by atoms with van der Waals surface area (Å²) in [5, 5.41) is 9.05. The number of carboxylic acid groups (broad SMARTS) is 1. The monoisotopic (exact) mass is 259 g/mol. The maximum atomic E-state index is 11.0. The molecule has 1 aromatic carbocycles. The Morgan fingerprint density at radius 2 is 1.83 bits per heavy atom. The van der Waals surface area contributed by atoms with Crippen molar-refractivity contribution in [2.45, 2.75) is 12.5 Å². The van der Waals surface area contributed by atoms with Crippen LogP contribution < -0.4 is 0 Å². The van der Waals surface area contributed by atoms with Crippen molar-refractivity contribution < 1.29 is 9.90 Å². The van der Waals surface area contributed by atoms with Crippen molar-refractivity contribution in [3.63, 3.8) is 0 Å². The van der Waals surface area contributed by atoms with Crippen LogP contribution in [0.25, 0.3) is 0 Å². The number of hydrogen-bond donors (Lipinski definition) is 1. The average molecular weight is 259 g/mol. The van der Waals surface area contributed by atoms with E-state index >= 15 is 0 Å². The van der Waals surface area contributed by atoms with E-state index < -0.39 is 5.97 Å². The van der Waals surface area contributed by atoms with Gasteiger partial charge in [0.25, 0.3) is 0 Å². The number of carbonyl (C=O) groups is 1. The Kier molecular flexibility index (Phi) is 3.89. The van der Waals surface area contributed by atoms with Crippen molar-refractivity contribution in [2.75, 3.05) is 0 Å². The Morgan fingerprint density at radius 1 is 1.17 bits per heavy atom. The molecule has 0 bridgehead atoms. The van der Waals surface area contributed by atoms with Crippen LogP contribution in [0, 0.1) is 4.64 Å². The first-order valence-electron chi connectivity index (χ1n) is 5.62. The lowest BCUT2D eigenvalue weighted by Crippen LogP contribution is -2.15. The first-order chi connectivity index (χ1) is 8.68. The highest BCUT2D eigenvalue weighted by molar-refractivity contribution is 7.71. The molecule has 92 valence electrons. The lowest BCUT2D eigenvalue weighted by molar-refractivity contribution is -0.137. The van der Waals surface area contributed by atoms with Crippen molar-refractivity contribution in [1.29, 1.82) is 0 Å². The molecule has 0 amide bonds. The van der Waals surface area contributed by atoms with Crippen molar-refractivity contribution >= 4 is 18.2 Å². The SMILES string of the molecule is O=C(O)CC(c1ccccc1)n1ccccc1=S. The Morgan fingerprint density at radius 3 is 2.44 bits per heavy atom.